The summed E-state index contributed by atoms with van der Waals surface area (Å²) in [7, 11) is 0. The summed E-state index contributed by atoms with van der Waals surface area (Å²) in [5.41, 5.74) is 0. The highest BCUT2D eigenvalue weighted by Crippen LogP contribution is 2.13. The van der Waals surface area contributed by atoms with Crippen LogP contribution in [0, 0.1) is 0 Å². The van der Waals surface area contributed by atoms with E-state index in [1.807, 2.05) is 0 Å². The van der Waals surface area contributed by atoms with Gasteiger partial charge in [-0.25, -0.2) is 0 Å². The number of nitrogens with zero attached hydrogens (tertiary/aromatic N) is 1. The number of hydrogen-bond acceptors (Lipinski definition) is 3. The molecule has 1 fully saturated rings. The number of rotatable bonds is 13. The van der Waals surface area contributed by atoms with Gasteiger partial charge in [0.2, 0.25) is 12.8 Å². The maximum Gasteiger partial charge on any atom is 0.207 e. The Kier molecular flexibility index (Phi) is 9.87. The highest BCUT2D eigenvalue weighted by atomic mass is 16.1. The average molecular weight is 297 g/mol. The van der Waals surface area contributed by atoms with Gasteiger partial charge < -0.3 is 10.6 Å². The van der Waals surface area contributed by atoms with E-state index in [2.05, 4.69) is 22.5 Å². The van der Waals surface area contributed by atoms with Gasteiger partial charge in [-0.1, -0.05) is 51.9 Å². The number of likely N-dealkylation sites (tertiary alicyclic amines) is 1. The van der Waals surface area contributed by atoms with Crippen LogP contribution in [0.1, 0.15) is 58.3 Å². The smallest absolute Gasteiger partial charge is 0.207 e. The molecule has 0 radical (unpaired) electrons. The SMILES string of the molecule is CCCCCCCCCCN1CC(NC=O)C(NC=O)C1. The fourth-order valence-electron chi connectivity index (χ4n) is 3.05. The first kappa shape index (κ1) is 18.0. The van der Waals surface area contributed by atoms with E-state index in [4.69, 9.17) is 0 Å². The number of nitrogens with one attached hydrogen (secondary N) is 2. The molecule has 2 amide bonds. The predicted molar refractivity (Wildman–Crippen MR) is 85.0 cm³/mol. The molecular formula is C16H31N3O2. The predicted octanol–water partition coefficient (Wildman–Crippen LogP) is 1.67. The van der Waals surface area contributed by atoms with Gasteiger partial charge in [-0.15, -0.1) is 0 Å². The second-order valence-electron chi connectivity index (χ2n) is 6.02. The minimum atomic E-state index is 0.0433. The molecule has 2 unspecified atom stereocenters. The number of unbranched alkanes of at least 4 members (excludes halogenated alkanes) is 7. The zero-order valence-electron chi connectivity index (χ0n) is 13.4. The third-order valence-corrected chi connectivity index (χ3v) is 4.29. The zero-order chi connectivity index (χ0) is 15.3. The summed E-state index contributed by atoms with van der Waals surface area (Å²) in [5.74, 6) is 0. The first-order valence-corrected chi connectivity index (χ1v) is 8.43. The van der Waals surface area contributed by atoms with Crippen molar-refractivity contribution < 1.29 is 9.59 Å². The van der Waals surface area contributed by atoms with Crippen LogP contribution in [0.3, 0.4) is 0 Å². The lowest BCUT2D eigenvalue weighted by Gasteiger charge is -2.15. The highest BCUT2D eigenvalue weighted by molar-refractivity contribution is 5.50. The van der Waals surface area contributed by atoms with Crippen molar-refractivity contribution in [1.29, 1.82) is 0 Å². The second kappa shape index (κ2) is 11.5. The Bertz CT molecular complexity index is 269. The molecule has 0 aromatic rings. The Balaban J connectivity index is 2.07. The van der Waals surface area contributed by atoms with E-state index in [0.29, 0.717) is 0 Å². The highest BCUT2D eigenvalue weighted by Gasteiger charge is 2.31. The molecule has 0 spiro atoms. The van der Waals surface area contributed by atoms with E-state index >= 15 is 0 Å². The monoisotopic (exact) mass is 297 g/mol. The van der Waals surface area contributed by atoms with Crippen LogP contribution >= 0.6 is 0 Å². The maximum atomic E-state index is 10.6. The van der Waals surface area contributed by atoms with Crippen LogP contribution in [0.5, 0.6) is 0 Å². The number of carbonyl (C=O) groups is 2. The molecule has 1 aliphatic heterocycles. The van der Waals surface area contributed by atoms with Gasteiger partial charge in [-0.3, -0.25) is 14.5 Å². The van der Waals surface area contributed by atoms with Crippen molar-refractivity contribution >= 4 is 12.8 Å². The summed E-state index contributed by atoms with van der Waals surface area (Å²) >= 11 is 0. The van der Waals surface area contributed by atoms with Crippen LogP contribution in [0.25, 0.3) is 0 Å². The van der Waals surface area contributed by atoms with Crippen LogP contribution in [0.4, 0.5) is 0 Å². The van der Waals surface area contributed by atoms with Gasteiger partial charge >= 0.3 is 0 Å². The molecule has 1 aliphatic rings. The summed E-state index contributed by atoms with van der Waals surface area (Å²) in [4.78, 5) is 23.5. The number of amides is 2. The van der Waals surface area contributed by atoms with Gasteiger partial charge in [-0.2, -0.15) is 0 Å². The molecule has 5 nitrogen and oxygen atoms in total. The number of hydrogen-bond donors (Lipinski definition) is 2. The molecule has 5 heteroatoms. The molecule has 1 saturated heterocycles. The van der Waals surface area contributed by atoms with Gasteiger partial charge in [0.15, 0.2) is 0 Å². The molecule has 2 atom stereocenters. The average Bonchev–Trinajstić information content (AvgIpc) is 2.85. The Labute approximate surface area is 128 Å². The molecule has 0 aliphatic carbocycles. The zero-order valence-corrected chi connectivity index (χ0v) is 13.4. The van der Waals surface area contributed by atoms with Crippen molar-refractivity contribution in [2.45, 2.75) is 70.4 Å². The molecule has 0 saturated carbocycles. The molecule has 1 rings (SSSR count). The molecular weight excluding hydrogens is 266 g/mol. The van der Waals surface area contributed by atoms with Gasteiger partial charge in [0, 0.05) is 13.1 Å². The summed E-state index contributed by atoms with van der Waals surface area (Å²) in [6.45, 7) is 4.97. The van der Waals surface area contributed by atoms with Crippen molar-refractivity contribution in [2.24, 2.45) is 0 Å². The molecule has 0 aromatic carbocycles. The van der Waals surface area contributed by atoms with E-state index in [-0.39, 0.29) is 12.1 Å². The van der Waals surface area contributed by atoms with Crippen LogP contribution in [-0.2, 0) is 9.59 Å². The van der Waals surface area contributed by atoms with Crippen molar-refractivity contribution in [2.75, 3.05) is 19.6 Å². The lowest BCUT2D eigenvalue weighted by Crippen LogP contribution is -2.46. The quantitative estimate of drug-likeness (QED) is 0.401. The number of carbonyl (C=O) groups excluding carboxylic acids is 2. The lowest BCUT2D eigenvalue weighted by atomic mass is 10.1. The van der Waals surface area contributed by atoms with Crippen molar-refractivity contribution in [3.05, 3.63) is 0 Å². The largest absolute Gasteiger partial charge is 0.353 e. The minimum absolute atomic E-state index is 0.0433. The fraction of sp³-hybridized carbons (Fsp3) is 0.875. The maximum absolute atomic E-state index is 10.6. The van der Waals surface area contributed by atoms with Gasteiger partial charge in [0.05, 0.1) is 12.1 Å². The Hall–Kier alpha value is -1.10. The molecule has 0 aromatic heterocycles. The summed E-state index contributed by atoms with van der Waals surface area (Å²) < 4.78 is 0. The van der Waals surface area contributed by atoms with Gasteiger partial charge in [0.25, 0.3) is 0 Å². The van der Waals surface area contributed by atoms with Gasteiger partial charge in [0.1, 0.15) is 0 Å². The summed E-state index contributed by atoms with van der Waals surface area (Å²) in [6.07, 6.45) is 12.0. The molecule has 122 valence electrons. The van der Waals surface area contributed by atoms with E-state index in [1.54, 1.807) is 0 Å². The standard InChI is InChI=1S/C16H31N3O2/c1-2-3-4-5-6-7-8-9-10-19-11-15(17-13-20)16(12-19)18-14-21/h13-16H,2-12H2,1H3,(H,17,20)(H,18,21). The minimum Gasteiger partial charge on any atom is -0.353 e. The van der Waals surface area contributed by atoms with Gasteiger partial charge in [-0.05, 0) is 13.0 Å². The summed E-state index contributed by atoms with van der Waals surface area (Å²) in [5, 5.41) is 5.59. The van der Waals surface area contributed by atoms with Crippen molar-refractivity contribution in [3.8, 4) is 0 Å². The lowest BCUT2D eigenvalue weighted by molar-refractivity contribution is -0.112. The van der Waals surface area contributed by atoms with Crippen molar-refractivity contribution in [1.82, 2.24) is 15.5 Å². The second-order valence-corrected chi connectivity index (χ2v) is 6.02. The van der Waals surface area contributed by atoms with E-state index in [0.717, 1.165) is 32.5 Å². The normalized spacial score (nSPS) is 22.1. The van der Waals surface area contributed by atoms with E-state index in [1.165, 1.54) is 51.4 Å². The Morgan fingerprint density at radius 3 is 1.81 bits per heavy atom. The van der Waals surface area contributed by atoms with Crippen LogP contribution in [0.2, 0.25) is 0 Å². The fourth-order valence-corrected chi connectivity index (χ4v) is 3.05. The summed E-state index contributed by atoms with van der Waals surface area (Å²) in [6, 6.07) is 0.0866. The third-order valence-electron chi connectivity index (χ3n) is 4.29. The van der Waals surface area contributed by atoms with Crippen LogP contribution < -0.4 is 10.6 Å². The van der Waals surface area contributed by atoms with Crippen LogP contribution in [-0.4, -0.2) is 49.4 Å². The van der Waals surface area contributed by atoms with E-state index in [9.17, 15) is 9.59 Å². The molecule has 2 N–H and O–H groups in total. The first-order valence-electron chi connectivity index (χ1n) is 8.43. The first-order chi connectivity index (χ1) is 10.3. The van der Waals surface area contributed by atoms with Crippen molar-refractivity contribution in [3.63, 3.8) is 0 Å². The Morgan fingerprint density at radius 2 is 1.33 bits per heavy atom. The molecule has 21 heavy (non-hydrogen) atoms. The molecule has 0 bridgehead atoms. The Morgan fingerprint density at radius 1 is 0.857 bits per heavy atom. The molecule has 1 heterocycles. The van der Waals surface area contributed by atoms with Crippen LogP contribution in [0.15, 0.2) is 0 Å². The topological polar surface area (TPSA) is 61.4 Å². The van der Waals surface area contributed by atoms with E-state index < -0.39 is 0 Å². The third kappa shape index (κ3) is 7.46.